The fourth-order valence-corrected chi connectivity index (χ4v) is 6.59. The number of hydrogen-bond donors (Lipinski definition) is 1. The SMILES string of the molecule is CC(C)Oc1ccc(-c2nc(-c3cccc4c3CC[C@H]4NS(=O)(=O)CCN3CC[C@@H](C)C3)no2)cc1C#N. The van der Waals surface area contributed by atoms with Gasteiger partial charge in [-0.15, -0.1) is 0 Å². The van der Waals surface area contributed by atoms with Crippen LogP contribution in [-0.2, 0) is 16.4 Å². The summed E-state index contributed by atoms with van der Waals surface area (Å²) in [5.41, 5.74) is 3.83. The Hall–Kier alpha value is -3.26. The largest absolute Gasteiger partial charge is 0.490 e. The summed E-state index contributed by atoms with van der Waals surface area (Å²) in [7, 11) is -3.42. The van der Waals surface area contributed by atoms with Crippen molar-refractivity contribution >= 4 is 10.0 Å². The van der Waals surface area contributed by atoms with Crippen LogP contribution in [0.3, 0.4) is 0 Å². The van der Waals surface area contributed by atoms with Gasteiger partial charge in [-0.05, 0) is 74.9 Å². The molecule has 0 radical (unpaired) electrons. The Kier molecular flexibility index (Phi) is 7.52. The van der Waals surface area contributed by atoms with Crippen LogP contribution < -0.4 is 9.46 Å². The number of likely N-dealkylation sites (tertiary alicyclic amines) is 1. The maximum absolute atomic E-state index is 12.9. The van der Waals surface area contributed by atoms with Gasteiger partial charge in [0.05, 0.1) is 17.4 Å². The Morgan fingerprint density at radius 3 is 2.84 bits per heavy atom. The normalized spacial score (nSPS) is 19.6. The Morgan fingerprint density at radius 1 is 1.26 bits per heavy atom. The molecule has 1 aliphatic heterocycles. The summed E-state index contributed by atoms with van der Waals surface area (Å²) in [5, 5.41) is 13.7. The maximum Gasteiger partial charge on any atom is 0.258 e. The van der Waals surface area contributed by atoms with Crippen molar-refractivity contribution in [1.29, 1.82) is 5.26 Å². The summed E-state index contributed by atoms with van der Waals surface area (Å²) in [6, 6.07) is 12.9. The number of sulfonamides is 1. The zero-order valence-electron chi connectivity index (χ0n) is 22.0. The zero-order valence-corrected chi connectivity index (χ0v) is 22.8. The Balaban J connectivity index is 1.32. The maximum atomic E-state index is 12.9. The molecule has 0 unspecified atom stereocenters. The molecule has 1 saturated heterocycles. The first kappa shape index (κ1) is 26.4. The van der Waals surface area contributed by atoms with Crippen LogP contribution in [0, 0.1) is 17.2 Å². The molecule has 200 valence electrons. The van der Waals surface area contributed by atoms with Gasteiger partial charge >= 0.3 is 0 Å². The first-order valence-electron chi connectivity index (χ1n) is 13.1. The van der Waals surface area contributed by atoms with Gasteiger partial charge in [-0.2, -0.15) is 10.2 Å². The predicted octanol–water partition coefficient (Wildman–Crippen LogP) is 4.31. The van der Waals surface area contributed by atoms with E-state index in [1.54, 1.807) is 18.2 Å². The highest BCUT2D eigenvalue weighted by atomic mass is 32.2. The predicted molar refractivity (Wildman–Crippen MR) is 144 cm³/mol. The number of nitriles is 1. The number of hydrogen-bond acceptors (Lipinski definition) is 8. The van der Waals surface area contributed by atoms with Crippen LogP contribution in [-0.4, -0.2) is 54.9 Å². The summed E-state index contributed by atoms with van der Waals surface area (Å²) in [6.07, 6.45) is 2.47. The number of nitrogens with zero attached hydrogens (tertiary/aromatic N) is 4. The first-order valence-corrected chi connectivity index (χ1v) is 14.8. The molecule has 1 aliphatic carbocycles. The standard InChI is InChI=1S/C28H33N5O4S/c1-18(2)36-26-10-7-20(15-21(26)16-29)28-30-27(31-37-28)24-6-4-5-23-22(24)8-9-25(23)32-38(34,35)14-13-33-12-11-19(3)17-33/h4-7,10,15,18-19,25,32H,8-9,11-14,17H2,1-3H3/t19-,25-/m1/s1. The van der Waals surface area contributed by atoms with Crippen LogP contribution in [0.1, 0.15) is 56.3 Å². The molecule has 2 heterocycles. The lowest BCUT2D eigenvalue weighted by molar-refractivity contribution is 0.241. The molecule has 10 heteroatoms. The molecule has 0 saturated carbocycles. The lowest BCUT2D eigenvalue weighted by Crippen LogP contribution is -2.35. The second-order valence-corrected chi connectivity index (χ2v) is 12.4. The third kappa shape index (κ3) is 5.75. The molecule has 5 rings (SSSR count). The molecule has 2 atom stereocenters. The van der Waals surface area contributed by atoms with Crippen LogP contribution in [0.2, 0.25) is 0 Å². The molecule has 0 bridgehead atoms. The molecule has 0 amide bonds. The van der Waals surface area contributed by atoms with Crippen LogP contribution in [0.5, 0.6) is 5.75 Å². The van der Waals surface area contributed by atoms with E-state index in [1.165, 1.54) is 0 Å². The Morgan fingerprint density at radius 2 is 2.11 bits per heavy atom. The van der Waals surface area contributed by atoms with Crippen molar-refractivity contribution in [3.05, 3.63) is 53.1 Å². The second kappa shape index (κ2) is 10.8. The summed E-state index contributed by atoms with van der Waals surface area (Å²) >= 11 is 0. The highest BCUT2D eigenvalue weighted by Gasteiger charge is 2.30. The molecule has 2 aliphatic rings. The first-order chi connectivity index (χ1) is 18.2. The summed E-state index contributed by atoms with van der Waals surface area (Å²) in [5.74, 6) is 1.98. The van der Waals surface area contributed by atoms with E-state index in [9.17, 15) is 13.7 Å². The zero-order chi connectivity index (χ0) is 26.9. The van der Waals surface area contributed by atoms with E-state index < -0.39 is 10.0 Å². The lowest BCUT2D eigenvalue weighted by Gasteiger charge is -2.18. The van der Waals surface area contributed by atoms with Crippen molar-refractivity contribution in [2.75, 3.05) is 25.4 Å². The molecule has 1 aromatic heterocycles. The number of ether oxygens (including phenoxy) is 1. The smallest absolute Gasteiger partial charge is 0.258 e. The average molecular weight is 536 g/mol. The van der Waals surface area contributed by atoms with E-state index in [1.807, 2.05) is 32.0 Å². The van der Waals surface area contributed by atoms with Crippen molar-refractivity contribution in [3.63, 3.8) is 0 Å². The fourth-order valence-electron chi connectivity index (χ4n) is 5.30. The number of fused-ring (bicyclic) bond motifs is 1. The van der Waals surface area contributed by atoms with Crippen molar-refractivity contribution in [3.8, 4) is 34.7 Å². The second-order valence-electron chi connectivity index (χ2n) is 10.5. The van der Waals surface area contributed by atoms with Gasteiger partial charge in [-0.25, -0.2) is 13.1 Å². The molecule has 38 heavy (non-hydrogen) atoms. The highest BCUT2D eigenvalue weighted by molar-refractivity contribution is 7.89. The fraction of sp³-hybridized carbons (Fsp3) is 0.464. The molecule has 0 spiro atoms. The summed E-state index contributed by atoms with van der Waals surface area (Å²) in [6.45, 7) is 8.50. The van der Waals surface area contributed by atoms with Gasteiger partial charge in [0.1, 0.15) is 11.8 Å². The van der Waals surface area contributed by atoms with Gasteiger partial charge in [0.25, 0.3) is 5.89 Å². The van der Waals surface area contributed by atoms with Gasteiger partial charge in [0, 0.05) is 30.3 Å². The molecule has 2 aromatic carbocycles. The van der Waals surface area contributed by atoms with E-state index in [0.717, 1.165) is 36.2 Å². The van der Waals surface area contributed by atoms with Crippen LogP contribution in [0.25, 0.3) is 22.8 Å². The molecular weight excluding hydrogens is 502 g/mol. The minimum atomic E-state index is -3.42. The number of nitrogens with one attached hydrogen (secondary N) is 1. The summed E-state index contributed by atoms with van der Waals surface area (Å²) in [4.78, 5) is 6.83. The van der Waals surface area contributed by atoms with Crippen molar-refractivity contribution in [1.82, 2.24) is 19.8 Å². The van der Waals surface area contributed by atoms with Crippen molar-refractivity contribution in [2.24, 2.45) is 5.92 Å². The van der Waals surface area contributed by atoms with Gasteiger partial charge < -0.3 is 14.2 Å². The van der Waals surface area contributed by atoms with Crippen molar-refractivity contribution in [2.45, 2.75) is 52.2 Å². The van der Waals surface area contributed by atoms with E-state index in [0.29, 0.717) is 53.9 Å². The topological polar surface area (TPSA) is 121 Å². The highest BCUT2D eigenvalue weighted by Crippen LogP contribution is 2.38. The van der Waals surface area contributed by atoms with E-state index in [2.05, 4.69) is 32.8 Å². The monoisotopic (exact) mass is 535 g/mol. The van der Waals surface area contributed by atoms with E-state index in [4.69, 9.17) is 9.26 Å². The van der Waals surface area contributed by atoms with Gasteiger partial charge in [-0.1, -0.05) is 30.3 Å². The van der Waals surface area contributed by atoms with E-state index in [-0.39, 0.29) is 17.9 Å². The van der Waals surface area contributed by atoms with Gasteiger partial charge in [0.2, 0.25) is 15.8 Å². The van der Waals surface area contributed by atoms with E-state index >= 15 is 0 Å². The minimum absolute atomic E-state index is 0.0506. The van der Waals surface area contributed by atoms with Crippen LogP contribution >= 0.6 is 0 Å². The average Bonchev–Trinajstić information content (AvgIpc) is 3.63. The lowest BCUT2D eigenvalue weighted by atomic mass is 10.0. The van der Waals surface area contributed by atoms with Gasteiger partial charge in [0.15, 0.2) is 0 Å². The Labute approximate surface area is 223 Å². The van der Waals surface area contributed by atoms with Crippen LogP contribution in [0.4, 0.5) is 0 Å². The third-order valence-electron chi connectivity index (χ3n) is 7.15. The van der Waals surface area contributed by atoms with Crippen molar-refractivity contribution < 1.29 is 17.7 Å². The van der Waals surface area contributed by atoms with Gasteiger partial charge in [-0.3, -0.25) is 0 Å². The quantitative estimate of drug-likeness (QED) is 0.430. The Bertz CT molecular complexity index is 1460. The number of aromatic nitrogens is 2. The molecule has 1 fully saturated rings. The van der Waals surface area contributed by atoms with Crippen LogP contribution in [0.15, 0.2) is 40.9 Å². The molecule has 1 N–H and O–H groups in total. The number of benzene rings is 2. The third-order valence-corrected chi connectivity index (χ3v) is 8.52. The molecular formula is C28H33N5O4S. The molecule has 9 nitrogen and oxygen atoms in total. The summed E-state index contributed by atoms with van der Waals surface area (Å²) < 4.78 is 39.9. The molecule has 3 aromatic rings. The minimum Gasteiger partial charge on any atom is -0.490 e. The number of rotatable bonds is 9.